The number of aromatic nitrogens is 2. The number of fused-ring (bicyclic) bond motifs is 1. The molecule has 1 N–H and O–H groups in total. The lowest BCUT2D eigenvalue weighted by Gasteiger charge is -2.23. The van der Waals surface area contributed by atoms with Gasteiger partial charge in [0.2, 0.25) is 0 Å². The third kappa shape index (κ3) is 3.10. The lowest BCUT2D eigenvalue weighted by atomic mass is 9.94. The number of hydrogen-bond donors (Lipinski definition) is 1. The molecule has 1 aliphatic rings. The van der Waals surface area contributed by atoms with E-state index in [0.29, 0.717) is 6.04 Å². The van der Waals surface area contributed by atoms with E-state index in [9.17, 15) is 4.39 Å². The highest BCUT2D eigenvalue weighted by Gasteiger charge is 2.17. The van der Waals surface area contributed by atoms with Crippen LogP contribution in [0.1, 0.15) is 45.0 Å². The van der Waals surface area contributed by atoms with Gasteiger partial charge in [-0.05, 0) is 70.3 Å². The molecule has 2 aromatic rings. The molecule has 1 atom stereocenters. The highest BCUT2D eigenvalue weighted by atomic mass is 19.1. The summed E-state index contributed by atoms with van der Waals surface area (Å²) < 4.78 is 15.7. The van der Waals surface area contributed by atoms with Gasteiger partial charge < -0.3 is 9.88 Å². The molecule has 3 rings (SSSR count). The van der Waals surface area contributed by atoms with E-state index < -0.39 is 0 Å². The molecule has 1 aromatic heterocycles. The Hall–Kier alpha value is -1.42. The van der Waals surface area contributed by atoms with E-state index in [-0.39, 0.29) is 5.82 Å². The fourth-order valence-corrected chi connectivity index (χ4v) is 3.37. The molecule has 1 aromatic carbocycles. The molecule has 0 amide bonds. The summed E-state index contributed by atoms with van der Waals surface area (Å²) in [5.74, 6) is 1.65. The number of imidazole rings is 1. The van der Waals surface area contributed by atoms with Crippen LogP contribution in [0.15, 0.2) is 18.2 Å². The molecule has 1 saturated heterocycles. The number of rotatable bonds is 4. The van der Waals surface area contributed by atoms with E-state index in [2.05, 4.69) is 23.7 Å². The molecule has 2 heterocycles. The lowest BCUT2D eigenvalue weighted by Crippen LogP contribution is -2.30. The lowest BCUT2D eigenvalue weighted by molar-refractivity contribution is 0.354. The van der Waals surface area contributed by atoms with Crippen LogP contribution in [0.4, 0.5) is 4.39 Å². The Balaban J connectivity index is 1.84. The Morgan fingerprint density at radius 3 is 3.00 bits per heavy atom. The minimum Gasteiger partial charge on any atom is -0.325 e. The highest BCUT2D eigenvalue weighted by Crippen LogP contribution is 2.24. The molecule has 0 bridgehead atoms. The van der Waals surface area contributed by atoms with Crippen molar-refractivity contribution in [2.24, 2.45) is 5.92 Å². The zero-order valence-corrected chi connectivity index (χ0v) is 12.9. The summed E-state index contributed by atoms with van der Waals surface area (Å²) in [4.78, 5) is 4.74. The SMILES string of the molecule is CC(C)n1c(CCC2CCCNC2)nc2ccc(F)cc21. The average Bonchev–Trinajstić information content (AvgIpc) is 2.84. The predicted octanol–water partition coefficient (Wildman–Crippen LogP) is 3.69. The fraction of sp³-hybridized carbons (Fsp3) is 0.588. The van der Waals surface area contributed by atoms with Gasteiger partial charge in [-0.1, -0.05) is 0 Å². The van der Waals surface area contributed by atoms with E-state index >= 15 is 0 Å². The Labute approximate surface area is 125 Å². The van der Waals surface area contributed by atoms with Crippen molar-refractivity contribution in [2.45, 2.75) is 45.6 Å². The van der Waals surface area contributed by atoms with Crippen molar-refractivity contribution in [3.63, 3.8) is 0 Å². The first-order valence-corrected chi connectivity index (χ1v) is 8.02. The van der Waals surface area contributed by atoms with E-state index in [4.69, 9.17) is 4.98 Å². The molecule has 1 aliphatic heterocycles. The number of halogens is 1. The van der Waals surface area contributed by atoms with Gasteiger partial charge in [-0.25, -0.2) is 9.37 Å². The van der Waals surface area contributed by atoms with Crippen molar-refractivity contribution in [1.29, 1.82) is 0 Å². The van der Waals surface area contributed by atoms with Crippen LogP contribution in [-0.4, -0.2) is 22.6 Å². The van der Waals surface area contributed by atoms with Crippen molar-refractivity contribution in [1.82, 2.24) is 14.9 Å². The maximum atomic E-state index is 13.5. The maximum Gasteiger partial charge on any atom is 0.125 e. The number of piperidine rings is 1. The third-order valence-corrected chi connectivity index (χ3v) is 4.42. The van der Waals surface area contributed by atoms with Gasteiger partial charge in [0.25, 0.3) is 0 Å². The van der Waals surface area contributed by atoms with Crippen LogP contribution >= 0.6 is 0 Å². The third-order valence-electron chi connectivity index (χ3n) is 4.42. The van der Waals surface area contributed by atoms with Gasteiger partial charge >= 0.3 is 0 Å². The van der Waals surface area contributed by atoms with Crippen LogP contribution in [0, 0.1) is 11.7 Å². The second-order valence-electron chi connectivity index (χ2n) is 6.38. The van der Waals surface area contributed by atoms with Gasteiger partial charge in [0.05, 0.1) is 11.0 Å². The molecule has 1 fully saturated rings. The second kappa shape index (κ2) is 6.14. The highest BCUT2D eigenvalue weighted by molar-refractivity contribution is 5.76. The number of aryl methyl sites for hydroxylation is 1. The Morgan fingerprint density at radius 2 is 2.29 bits per heavy atom. The minimum absolute atomic E-state index is 0.188. The van der Waals surface area contributed by atoms with Gasteiger partial charge in [0.15, 0.2) is 0 Å². The van der Waals surface area contributed by atoms with Gasteiger partial charge in [-0.3, -0.25) is 0 Å². The van der Waals surface area contributed by atoms with Crippen LogP contribution in [0.5, 0.6) is 0 Å². The number of benzene rings is 1. The molecule has 3 nitrogen and oxygen atoms in total. The second-order valence-corrected chi connectivity index (χ2v) is 6.38. The first-order valence-electron chi connectivity index (χ1n) is 8.02. The summed E-state index contributed by atoms with van der Waals surface area (Å²) in [6, 6.07) is 5.19. The fourth-order valence-electron chi connectivity index (χ4n) is 3.37. The summed E-state index contributed by atoms with van der Waals surface area (Å²) in [6.45, 7) is 6.55. The molecule has 4 heteroatoms. The first kappa shape index (κ1) is 14.5. The summed E-state index contributed by atoms with van der Waals surface area (Å²) >= 11 is 0. The summed E-state index contributed by atoms with van der Waals surface area (Å²) in [5, 5.41) is 3.47. The number of nitrogens with one attached hydrogen (secondary N) is 1. The van der Waals surface area contributed by atoms with Crippen LogP contribution in [0.2, 0.25) is 0 Å². The van der Waals surface area contributed by atoms with Gasteiger partial charge in [-0.15, -0.1) is 0 Å². The number of nitrogens with zero attached hydrogens (tertiary/aromatic N) is 2. The topological polar surface area (TPSA) is 29.9 Å². The minimum atomic E-state index is -0.188. The molecular weight excluding hydrogens is 265 g/mol. The molecule has 1 unspecified atom stereocenters. The molecular formula is C17H24FN3. The largest absolute Gasteiger partial charge is 0.325 e. The van der Waals surface area contributed by atoms with Crippen molar-refractivity contribution in [3.05, 3.63) is 29.8 Å². The van der Waals surface area contributed by atoms with Crippen LogP contribution in [0.25, 0.3) is 11.0 Å². The zero-order valence-electron chi connectivity index (χ0n) is 12.9. The van der Waals surface area contributed by atoms with Crippen LogP contribution in [-0.2, 0) is 6.42 Å². The van der Waals surface area contributed by atoms with Crippen molar-refractivity contribution in [2.75, 3.05) is 13.1 Å². The van der Waals surface area contributed by atoms with E-state index in [0.717, 1.165) is 48.7 Å². The summed E-state index contributed by atoms with van der Waals surface area (Å²) in [5.41, 5.74) is 1.82. The van der Waals surface area contributed by atoms with Crippen molar-refractivity contribution >= 4 is 11.0 Å². The molecule has 114 valence electrons. The molecule has 0 radical (unpaired) electrons. The van der Waals surface area contributed by atoms with E-state index in [1.54, 1.807) is 12.1 Å². The molecule has 21 heavy (non-hydrogen) atoms. The smallest absolute Gasteiger partial charge is 0.125 e. The summed E-state index contributed by atoms with van der Waals surface area (Å²) in [6.07, 6.45) is 4.71. The molecule has 0 spiro atoms. The van der Waals surface area contributed by atoms with E-state index in [1.165, 1.54) is 18.9 Å². The zero-order chi connectivity index (χ0) is 14.8. The quantitative estimate of drug-likeness (QED) is 0.930. The predicted molar refractivity (Wildman–Crippen MR) is 84.0 cm³/mol. The number of hydrogen-bond acceptors (Lipinski definition) is 2. The monoisotopic (exact) mass is 289 g/mol. The first-order chi connectivity index (χ1) is 10.1. The Bertz CT molecular complexity index is 612. The van der Waals surface area contributed by atoms with Crippen molar-refractivity contribution < 1.29 is 4.39 Å². The average molecular weight is 289 g/mol. The Kier molecular flexibility index (Phi) is 4.24. The molecule has 0 aliphatic carbocycles. The normalized spacial score (nSPS) is 19.5. The van der Waals surface area contributed by atoms with Crippen molar-refractivity contribution in [3.8, 4) is 0 Å². The van der Waals surface area contributed by atoms with Gasteiger partial charge in [0, 0.05) is 12.5 Å². The van der Waals surface area contributed by atoms with E-state index in [1.807, 2.05) is 0 Å². The van der Waals surface area contributed by atoms with Gasteiger partial charge in [-0.2, -0.15) is 0 Å². The van der Waals surface area contributed by atoms with Crippen LogP contribution < -0.4 is 5.32 Å². The summed E-state index contributed by atoms with van der Waals surface area (Å²) in [7, 11) is 0. The van der Waals surface area contributed by atoms with Crippen LogP contribution in [0.3, 0.4) is 0 Å². The van der Waals surface area contributed by atoms with Gasteiger partial charge in [0.1, 0.15) is 11.6 Å². The Morgan fingerprint density at radius 1 is 1.43 bits per heavy atom. The maximum absolute atomic E-state index is 13.5. The molecule has 0 saturated carbocycles. The standard InChI is InChI=1S/C17H24FN3/c1-12(2)21-16-10-14(18)6-7-15(16)20-17(21)8-5-13-4-3-9-19-11-13/h6-7,10,12-13,19H,3-5,8-9,11H2,1-2H3.